The first-order valence-corrected chi connectivity index (χ1v) is 11.3. The van der Waals surface area contributed by atoms with Crippen molar-refractivity contribution in [3.8, 4) is 11.5 Å². The zero-order chi connectivity index (χ0) is 22.9. The molecule has 0 spiro atoms. The van der Waals surface area contributed by atoms with Crippen LogP contribution < -0.4 is 9.64 Å². The number of aliphatic imine (C=N–C) groups is 1. The van der Waals surface area contributed by atoms with Gasteiger partial charge < -0.3 is 9.64 Å². The van der Waals surface area contributed by atoms with E-state index in [1.54, 1.807) is 24.4 Å². The van der Waals surface area contributed by atoms with Gasteiger partial charge in [0, 0.05) is 34.6 Å². The van der Waals surface area contributed by atoms with Crippen molar-refractivity contribution in [3.05, 3.63) is 82.6 Å². The van der Waals surface area contributed by atoms with Crippen LogP contribution in [0.15, 0.2) is 65.7 Å². The molecule has 0 N–H and O–H groups in total. The minimum Gasteiger partial charge on any atom is -0.457 e. The van der Waals surface area contributed by atoms with Crippen molar-refractivity contribution in [2.75, 3.05) is 11.4 Å². The Bertz CT molecular complexity index is 1140. The van der Waals surface area contributed by atoms with Crippen molar-refractivity contribution >= 4 is 29.2 Å². The second-order valence-corrected chi connectivity index (χ2v) is 9.34. The van der Waals surface area contributed by atoms with Gasteiger partial charge in [-0.15, -0.1) is 0 Å². The molecule has 0 amide bonds. The van der Waals surface area contributed by atoms with Gasteiger partial charge in [0.25, 0.3) is 0 Å². The van der Waals surface area contributed by atoms with Gasteiger partial charge in [-0.05, 0) is 93.3 Å². The fourth-order valence-electron chi connectivity index (χ4n) is 4.63. The maximum Gasteiger partial charge on any atom is 0.134 e. The summed E-state index contributed by atoms with van der Waals surface area (Å²) < 4.78 is 20.8. The molecule has 0 saturated carbocycles. The molecule has 3 aromatic carbocycles. The SMILES string of the molecule is CCN1c2cc(F)c(C=Nc3ccc(Oc4cccc(Cl)c4)cc3)cc2C(C)CC1(C)C. The summed E-state index contributed by atoms with van der Waals surface area (Å²) >= 11 is 6.00. The van der Waals surface area contributed by atoms with Crippen molar-refractivity contribution in [2.45, 2.75) is 45.6 Å². The topological polar surface area (TPSA) is 24.8 Å². The van der Waals surface area contributed by atoms with E-state index < -0.39 is 0 Å². The third-order valence-corrected chi connectivity index (χ3v) is 6.28. The van der Waals surface area contributed by atoms with Gasteiger partial charge in [-0.25, -0.2) is 4.39 Å². The summed E-state index contributed by atoms with van der Waals surface area (Å²) in [6.07, 6.45) is 2.63. The molecule has 0 fully saturated rings. The van der Waals surface area contributed by atoms with Crippen LogP contribution in [0, 0.1) is 5.82 Å². The Morgan fingerprint density at radius 3 is 2.56 bits per heavy atom. The number of ether oxygens (including phenoxy) is 1. The van der Waals surface area contributed by atoms with Crippen molar-refractivity contribution in [3.63, 3.8) is 0 Å². The van der Waals surface area contributed by atoms with Crippen LogP contribution in [-0.4, -0.2) is 18.3 Å². The molecular formula is C27H28ClFN2O. The Hall–Kier alpha value is -2.85. The van der Waals surface area contributed by atoms with Crippen molar-refractivity contribution < 1.29 is 9.13 Å². The number of hydrogen-bond acceptors (Lipinski definition) is 3. The van der Waals surface area contributed by atoms with Gasteiger partial charge in [0.15, 0.2) is 0 Å². The number of nitrogens with zero attached hydrogens (tertiary/aromatic N) is 2. The first kappa shape index (κ1) is 22.3. The van der Waals surface area contributed by atoms with Gasteiger partial charge >= 0.3 is 0 Å². The Kier molecular flexibility index (Phi) is 6.25. The molecule has 1 aliphatic rings. The summed E-state index contributed by atoms with van der Waals surface area (Å²) in [5.74, 6) is 1.46. The largest absolute Gasteiger partial charge is 0.457 e. The monoisotopic (exact) mass is 450 g/mol. The molecule has 166 valence electrons. The molecule has 32 heavy (non-hydrogen) atoms. The summed E-state index contributed by atoms with van der Waals surface area (Å²) in [5, 5.41) is 0.621. The van der Waals surface area contributed by atoms with Crippen LogP contribution >= 0.6 is 11.6 Å². The third kappa shape index (κ3) is 4.66. The first-order chi connectivity index (χ1) is 15.3. The van der Waals surface area contributed by atoms with E-state index in [4.69, 9.17) is 16.3 Å². The highest BCUT2D eigenvalue weighted by Gasteiger charge is 2.36. The molecule has 3 nitrogen and oxygen atoms in total. The molecule has 0 aliphatic carbocycles. The number of halogens is 2. The van der Waals surface area contributed by atoms with Crippen LogP contribution in [0.4, 0.5) is 15.8 Å². The van der Waals surface area contributed by atoms with Crippen LogP contribution in [0.5, 0.6) is 11.5 Å². The molecule has 1 atom stereocenters. The quantitative estimate of drug-likeness (QED) is 0.366. The summed E-state index contributed by atoms with van der Waals surface area (Å²) in [5.41, 5.74) is 3.42. The minimum absolute atomic E-state index is 0.0120. The molecule has 1 aliphatic heterocycles. The lowest BCUT2D eigenvalue weighted by Crippen LogP contribution is -2.48. The molecular weight excluding hydrogens is 423 g/mol. The Balaban J connectivity index is 1.54. The van der Waals surface area contributed by atoms with E-state index in [0.717, 1.165) is 24.3 Å². The normalized spacial score (nSPS) is 17.4. The molecule has 1 heterocycles. The molecule has 0 aromatic heterocycles. The lowest BCUT2D eigenvalue weighted by atomic mass is 9.79. The molecule has 0 saturated heterocycles. The zero-order valence-corrected chi connectivity index (χ0v) is 19.7. The number of anilines is 1. The third-order valence-electron chi connectivity index (χ3n) is 6.04. The van der Waals surface area contributed by atoms with E-state index in [0.29, 0.717) is 28.0 Å². The smallest absolute Gasteiger partial charge is 0.134 e. The highest BCUT2D eigenvalue weighted by molar-refractivity contribution is 6.30. The van der Waals surface area contributed by atoms with Crippen LogP contribution in [0.2, 0.25) is 5.02 Å². The zero-order valence-electron chi connectivity index (χ0n) is 18.9. The highest BCUT2D eigenvalue weighted by Crippen LogP contribution is 2.43. The average Bonchev–Trinajstić information content (AvgIpc) is 2.73. The fourth-order valence-corrected chi connectivity index (χ4v) is 4.81. The van der Waals surface area contributed by atoms with E-state index in [1.165, 1.54) is 5.56 Å². The van der Waals surface area contributed by atoms with Crippen molar-refractivity contribution in [2.24, 2.45) is 4.99 Å². The minimum atomic E-state index is -0.253. The maximum atomic E-state index is 15.0. The van der Waals surface area contributed by atoms with E-state index in [1.807, 2.05) is 42.5 Å². The number of benzene rings is 3. The fraction of sp³-hybridized carbons (Fsp3) is 0.296. The van der Waals surface area contributed by atoms with Crippen molar-refractivity contribution in [1.29, 1.82) is 0 Å². The number of hydrogen-bond donors (Lipinski definition) is 0. The van der Waals surface area contributed by atoms with Crippen LogP contribution in [-0.2, 0) is 0 Å². The molecule has 1 unspecified atom stereocenters. The van der Waals surface area contributed by atoms with Crippen molar-refractivity contribution in [1.82, 2.24) is 0 Å². The van der Waals surface area contributed by atoms with Gasteiger partial charge in [-0.1, -0.05) is 24.6 Å². The number of fused-ring (bicyclic) bond motifs is 1. The van der Waals surface area contributed by atoms with Gasteiger partial charge in [-0.2, -0.15) is 0 Å². The summed E-state index contributed by atoms with van der Waals surface area (Å²) in [7, 11) is 0. The van der Waals surface area contributed by atoms with Crippen LogP contribution in [0.25, 0.3) is 0 Å². The second kappa shape index (κ2) is 8.95. The van der Waals surface area contributed by atoms with Crippen LogP contribution in [0.1, 0.15) is 51.2 Å². The van der Waals surface area contributed by atoms with E-state index >= 15 is 0 Å². The summed E-state index contributed by atoms with van der Waals surface area (Å²) in [6, 6.07) is 18.2. The summed E-state index contributed by atoms with van der Waals surface area (Å²) in [4.78, 5) is 6.78. The van der Waals surface area contributed by atoms with Gasteiger partial charge in [-0.3, -0.25) is 4.99 Å². The van der Waals surface area contributed by atoms with E-state index in [9.17, 15) is 4.39 Å². The Labute approximate surface area is 194 Å². The van der Waals surface area contributed by atoms with Gasteiger partial charge in [0.2, 0.25) is 0 Å². The second-order valence-electron chi connectivity index (χ2n) is 8.91. The summed E-state index contributed by atoms with van der Waals surface area (Å²) in [6.45, 7) is 9.63. The average molecular weight is 451 g/mol. The standard InChI is InChI=1S/C27H28ClFN2O/c1-5-31-26-15-25(29)19(13-24(26)18(2)16-27(31,3)4)17-30-21-9-11-22(12-10-21)32-23-8-6-7-20(28)14-23/h6-15,17-18H,5,16H2,1-4H3. The number of rotatable bonds is 5. The van der Waals surface area contributed by atoms with E-state index in [2.05, 4.69) is 37.6 Å². The Morgan fingerprint density at radius 1 is 1.12 bits per heavy atom. The van der Waals surface area contributed by atoms with Gasteiger partial charge in [0.05, 0.1) is 5.69 Å². The Morgan fingerprint density at radius 2 is 1.88 bits per heavy atom. The molecule has 3 aromatic rings. The van der Waals surface area contributed by atoms with E-state index in [-0.39, 0.29) is 11.4 Å². The van der Waals surface area contributed by atoms with Crippen LogP contribution in [0.3, 0.4) is 0 Å². The predicted molar refractivity (Wildman–Crippen MR) is 132 cm³/mol. The molecule has 0 radical (unpaired) electrons. The lowest BCUT2D eigenvalue weighted by Gasteiger charge is -2.47. The lowest BCUT2D eigenvalue weighted by molar-refractivity contribution is 0.380. The molecule has 5 heteroatoms. The highest BCUT2D eigenvalue weighted by atomic mass is 35.5. The maximum absolute atomic E-state index is 15.0. The first-order valence-electron chi connectivity index (χ1n) is 11.0. The predicted octanol–water partition coefficient (Wildman–Crippen LogP) is 8.13. The molecule has 4 rings (SSSR count). The van der Waals surface area contributed by atoms with Gasteiger partial charge in [0.1, 0.15) is 17.3 Å². The molecule has 0 bridgehead atoms.